The molecule has 1 heterocycles. The Morgan fingerprint density at radius 3 is 2.13 bits per heavy atom. The first-order valence-electron chi connectivity index (χ1n) is 10.4. The molecule has 0 aromatic heterocycles. The maximum absolute atomic E-state index is 12.3. The smallest absolute Gasteiger partial charge is 0.466 e. The van der Waals surface area contributed by atoms with Crippen molar-refractivity contribution in [2.45, 2.75) is 65.6 Å². The second-order valence-corrected chi connectivity index (χ2v) is 9.59. The molecule has 168 valence electrons. The van der Waals surface area contributed by atoms with E-state index in [4.69, 9.17) is 14.0 Å². The summed E-state index contributed by atoms with van der Waals surface area (Å²) in [7, 11) is -0.553. The van der Waals surface area contributed by atoms with Crippen LogP contribution in [0.3, 0.4) is 0 Å². The molecule has 0 amide bonds. The number of esters is 1. The molecule has 6 nitrogen and oxygen atoms in total. The summed E-state index contributed by atoms with van der Waals surface area (Å²) in [6.07, 6.45) is 2.12. The van der Waals surface area contributed by atoms with Gasteiger partial charge in [0.1, 0.15) is 0 Å². The van der Waals surface area contributed by atoms with Gasteiger partial charge in [-0.15, -0.1) is 0 Å². The summed E-state index contributed by atoms with van der Waals surface area (Å²) in [6, 6.07) is 7.14. The van der Waals surface area contributed by atoms with Crippen LogP contribution < -0.4 is 0 Å². The van der Waals surface area contributed by atoms with Gasteiger partial charge < -0.3 is 14.0 Å². The van der Waals surface area contributed by atoms with Crippen LogP contribution in [0.15, 0.2) is 29.7 Å². The molecule has 2 rings (SSSR count). The van der Waals surface area contributed by atoms with Crippen molar-refractivity contribution in [2.75, 3.05) is 12.4 Å². The summed E-state index contributed by atoms with van der Waals surface area (Å²) < 4.78 is 17.2. The lowest BCUT2D eigenvalue weighted by molar-refractivity contribution is -0.143. The van der Waals surface area contributed by atoms with Crippen molar-refractivity contribution in [3.8, 4) is 0 Å². The highest BCUT2D eigenvalue weighted by atomic mass is 32.2. The number of carbonyl (C=O) groups is 3. The maximum Gasteiger partial charge on any atom is 0.491 e. The summed E-state index contributed by atoms with van der Waals surface area (Å²) in [5.41, 5.74) is 1.30. The Balaban J connectivity index is 2.15. The summed E-state index contributed by atoms with van der Waals surface area (Å²) in [4.78, 5) is 35.3. The highest BCUT2D eigenvalue weighted by Gasteiger charge is 2.52. The fraction of sp³-hybridized carbons (Fsp3) is 0.522. The minimum atomic E-state index is -0.553. The molecular formula is C23H31BO6S. The number of hydrogen-bond acceptors (Lipinski definition) is 7. The summed E-state index contributed by atoms with van der Waals surface area (Å²) in [6.45, 7) is 11.5. The molecule has 8 heteroatoms. The summed E-state index contributed by atoms with van der Waals surface area (Å²) >= 11 is 1.20. The van der Waals surface area contributed by atoms with Crippen LogP contribution in [0.25, 0.3) is 6.08 Å². The van der Waals surface area contributed by atoms with E-state index in [1.807, 2.05) is 45.9 Å². The minimum absolute atomic E-state index is 0.0185. The van der Waals surface area contributed by atoms with Gasteiger partial charge >= 0.3 is 13.1 Å². The largest absolute Gasteiger partial charge is 0.491 e. The standard InChI is InChI=1S/C23H31BO6S/c1-7-28-21(27)13-12-20(26)18-10-8-17(9-11-18)14-19(15-31-16(2)25)24-29-22(3,4)23(5,6)30-24/h8-11,14H,7,12-13,15H2,1-6H3. The Bertz CT molecular complexity index is 828. The second kappa shape index (κ2) is 10.6. The number of carbonyl (C=O) groups excluding carboxylic acids is 3. The lowest BCUT2D eigenvalue weighted by Crippen LogP contribution is -2.41. The molecule has 0 radical (unpaired) electrons. The predicted molar refractivity (Wildman–Crippen MR) is 124 cm³/mol. The Hall–Kier alpha value is -1.90. The monoisotopic (exact) mass is 446 g/mol. The third-order valence-electron chi connectivity index (χ3n) is 5.44. The number of rotatable bonds is 9. The van der Waals surface area contributed by atoms with E-state index in [-0.39, 0.29) is 29.7 Å². The van der Waals surface area contributed by atoms with Gasteiger partial charge in [-0.3, -0.25) is 14.4 Å². The molecule has 0 aliphatic carbocycles. The van der Waals surface area contributed by atoms with Crippen molar-refractivity contribution in [2.24, 2.45) is 0 Å². The van der Waals surface area contributed by atoms with Gasteiger partial charge in [0.25, 0.3) is 0 Å². The van der Waals surface area contributed by atoms with Crippen LogP contribution in [0.2, 0.25) is 0 Å². The van der Waals surface area contributed by atoms with Gasteiger partial charge in [0.05, 0.1) is 24.2 Å². The fourth-order valence-electron chi connectivity index (χ4n) is 2.93. The molecule has 1 fully saturated rings. The normalized spacial score (nSPS) is 17.5. The molecule has 0 saturated carbocycles. The van der Waals surface area contributed by atoms with Gasteiger partial charge in [0, 0.05) is 24.7 Å². The maximum atomic E-state index is 12.3. The molecule has 0 N–H and O–H groups in total. The number of ketones is 1. The number of Topliss-reactive ketones (excluding diaryl/α,β-unsaturated/α-hetero) is 1. The van der Waals surface area contributed by atoms with E-state index in [9.17, 15) is 14.4 Å². The van der Waals surface area contributed by atoms with Crippen molar-refractivity contribution in [3.63, 3.8) is 0 Å². The zero-order valence-electron chi connectivity index (χ0n) is 19.2. The molecule has 1 aromatic carbocycles. The van der Waals surface area contributed by atoms with Crippen LogP contribution in [0.1, 0.15) is 70.3 Å². The molecule has 1 aliphatic rings. The quantitative estimate of drug-likeness (QED) is 0.314. The first-order valence-corrected chi connectivity index (χ1v) is 11.4. The molecule has 0 unspecified atom stereocenters. The van der Waals surface area contributed by atoms with Gasteiger partial charge in [-0.25, -0.2) is 0 Å². The van der Waals surface area contributed by atoms with E-state index < -0.39 is 18.3 Å². The second-order valence-electron chi connectivity index (χ2n) is 8.44. The van der Waals surface area contributed by atoms with Crippen LogP contribution >= 0.6 is 11.8 Å². The highest BCUT2D eigenvalue weighted by molar-refractivity contribution is 8.13. The third-order valence-corrected chi connectivity index (χ3v) is 6.33. The van der Waals surface area contributed by atoms with E-state index in [0.29, 0.717) is 17.9 Å². The van der Waals surface area contributed by atoms with Crippen LogP contribution in [0, 0.1) is 0 Å². The summed E-state index contributed by atoms with van der Waals surface area (Å²) in [5, 5.41) is 0.0185. The lowest BCUT2D eigenvalue weighted by Gasteiger charge is -2.32. The SMILES string of the molecule is CCOC(=O)CCC(=O)c1ccc(C=C(CSC(C)=O)B2OC(C)(C)C(C)(C)O2)cc1. The van der Waals surface area contributed by atoms with Gasteiger partial charge in [-0.1, -0.05) is 42.1 Å². The molecule has 0 spiro atoms. The van der Waals surface area contributed by atoms with Crippen molar-refractivity contribution >= 4 is 41.8 Å². The number of thioether (sulfide) groups is 1. The lowest BCUT2D eigenvalue weighted by atomic mass is 9.78. The van der Waals surface area contributed by atoms with Gasteiger partial charge in [-0.05, 0) is 45.7 Å². The molecule has 1 aromatic rings. The molecule has 0 bridgehead atoms. The average Bonchev–Trinajstić information content (AvgIpc) is 2.91. The average molecular weight is 446 g/mol. The van der Waals surface area contributed by atoms with Gasteiger partial charge in [-0.2, -0.15) is 0 Å². The highest BCUT2D eigenvalue weighted by Crippen LogP contribution is 2.39. The van der Waals surface area contributed by atoms with E-state index in [1.165, 1.54) is 18.7 Å². The van der Waals surface area contributed by atoms with E-state index in [1.54, 1.807) is 19.1 Å². The molecule has 1 aliphatic heterocycles. The van der Waals surface area contributed by atoms with Gasteiger partial charge in [0.2, 0.25) is 0 Å². The van der Waals surface area contributed by atoms with Crippen molar-refractivity contribution in [1.82, 2.24) is 0 Å². The fourth-order valence-corrected chi connectivity index (χ4v) is 3.52. The van der Waals surface area contributed by atoms with Crippen molar-refractivity contribution < 1.29 is 28.4 Å². The molecular weight excluding hydrogens is 415 g/mol. The Morgan fingerprint density at radius 2 is 1.61 bits per heavy atom. The summed E-state index contributed by atoms with van der Waals surface area (Å²) in [5.74, 6) is -0.0285. The van der Waals surface area contributed by atoms with Crippen molar-refractivity contribution in [3.05, 3.63) is 40.9 Å². The minimum Gasteiger partial charge on any atom is -0.466 e. The molecule has 0 atom stereocenters. The van der Waals surface area contributed by atoms with Crippen LogP contribution in [-0.4, -0.2) is 47.5 Å². The third kappa shape index (κ3) is 7.05. The Kier molecular flexibility index (Phi) is 8.69. The first kappa shape index (κ1) is 25.4. The first-order chi connectivity index (χ1) is 14.4. The van der Waals surface area contributed by atoms with Crippen molar-refractivity contribution in [1.29, 1.82) is 0 Å². The number of ether oxygens (including phenoxy) is 1. The molecule has 31 heavy (non-hydrogen) atoms. The van der Waals surface area contributed by atoms with E-state index in [0.717, 1.165) is 11.0 Å². The van der Waals surface area contributed by atoms with E-state index in [2.05, 4.69) is 0 Å². The Labute approximate surface area is 189 Å². The zero-order valence-corrected chi connectivity index (χ0v) is 20.0. The number of hydrogen-bond donors (Lipinski definition) is 0. The van der Waals surface area contributed by atoms with Crippen LogP contribution in [-0.2, 0) is 23.6 Å². The van der Waals surface area contributed by atoms with Crippen LogP contribution in [0.5, 0.6) is 0 Å². The zero-order chi connectivity index (χ0) is 23.2. The topological polar surface area (TPSA) is 78.9 Å². The van der Waals surface area contributed by atoms with E-state index >= 15 is 0 Å². The van der Waals surface area contributed by atoms with Crippen LogP contribution in [0.4, 0.5) is 0 Å². The number of benzene rings is 1. The van der Waals surface area contributed by atoms with Gasteiger partial charge in [0.15, 0.2) is 10.9 Å². The predicted octanol–water partition coefficient (Wildman–Crippen LogP) is 4.51. The molecule has 1 saturated heterocycles. The Morgan fingerprint density at radius 1 is 1.03 bits per heavy atom.